The second-order valence-electron chi connectivity index (χ2n) is 3.81. The molecule has 0 saturated heterocycles. The van der Waals surface area contributed by atoms with Gasteiger partial charge in [-0.05, 0) is 29.8 Å². The van der Waals surface area contributed by atoms with Crippen molar-refractivity contribution in [1.82, 2.24) is 0 Å². The molecule has 0 radical (unpaired) electrons. The van der Waals surface area contributed by atoms with E-state index in [-0.39, 0.29) is 18.1 Å². The van der Waals surface area contributed by atoms with Crippen molar-refractivity contribution in [1.29, 1.82) is 0 Å². The van der Waals surface area contributed by atoms with Gasteiger partial charge in [-0.15, -0.1) is 0 Å². The predicted octanol–water partition coefficient (Wildman–Crippen LogP) is 3.71. The number of rotatable bonds is 3. The van der Waals surface area contributed by atoms with E-state index in [0.717, 1.165) is 0 Å². The summed E-state index contributed by atoms with van der Waals surface area (Å²) in [6.45, 7) is -0.0133. The Morgan fingerprint density at radius 3 is 2.42 bits per heavy atom. The third-order valence-corrected chi connectivity index (χ3v) is 2.39. The van der Waals surface area contributed by atoms with Crippen LogP contribution < -0.4 is 5.32 Å². The first-order valence-corrected chi connectivity index (χ1v) is 5.58. The standard InChI is InChI=1S/C14H11F2NO2/c15-11-7-5-10(6-8-11)9-19-14(18)17-13-4-2-1-3-12(13)16/h1-8H,9H2,(H,17,18). The largest absolute Gasteiger partial charge is 0.444 e. The van der Waals surface area contributed by atoms with E-state index in [1.807, 2.05) is 0 Å². The summed E-state index contributed by atoms with van der Waals surface area (Å²) in [5, 5.41) is 2.28. The molecule has 0 bridgehead atoms. The molecule has 19 heavy (non-hydrogen) atoms. The van der Waals surface area contributed by atoms with Crippen LogP contribution in [-0.4, -0.2) is 6.09 Å². The van der Waals surface area contributed by atoms with Gasteiger partial charge in [0, 0.05) is 0 Å². The van der Waals surface area contributed by atoms with E-state index in [0.29, 0.717) is 5.56 Å². The molecule has 0 spiro atoms. The van der Waals surface area contributed by atoms with Crippen LogP contribution in [0.3, 0.4) is 0 Å². The van der Waals surface area contributed by atoms with Crippen molar-refractivity contribution in [2.45, 2.75) is 6.61 Å². The van der Waals surface area contributed by atoms with Gasteiger partial charge in [0.25, 0.3) is 0 Å². The van der Waals surface area contributed by atoms with Gasteiger partial charge in [0.15, 0.2) is 0 Å². The Hall–Kier alpha value is -2.43. The number of benzene rings is 2. The summed E-state index contributed by atoms with van der Waals surface area (Å²) >= 11 is 0. The summed E-state index contributed by atoms with van der Waals surface area (Å²) in [6.07, 6.45) is -0.769. The molecule has 3 nitrogen and oxygen atoms in total. The van der Waals surface area contributed by atoms with Gasteiger partial charge >= 0.3 is 6.09 Å². The smallest absolute Gasteiger partial charge is 0.412 e. The lowest BCUT2D eigenvalue weighted by Crippen LogP contribution is -2.14. The zero-order chi connectivity index (χ0) is 13.7. The van der Waals surface area contributed by atoms with Crippen molar-refractivity contribution in [2.24, 2.45) is 0 Å². The Morgan fingerprint density at radius 1 is 1.05 bits per heavy atom. The molecule has 0 fully saturated rings. The van der Waals surface area contributed by atoms with Gasteiger partial charge in [-0.25, -0.2) is 13.6 Å². The molecule has 0 saturated carbocycles. The molecule has 1 amide bonds. The van der Waals surface area contributed by atoms with E-state index in [1.165, 1.54) is 42.5 Å². The molecule has 0 aliphatic heterocycles. The number of ether oxygens (including phenoxy) is 1. The number of nitrogens with one attached hydrogen (secondary N) is 1. The second kappa shape index (κ2) is 5.95. The minimum absolute atomic E-state index is 0.0133. The molecule has 2 aromatic carbocycles. The van der Waals surface area contributed by atoms with Crippen molar-refractivity contribution in [3.05, 3.63) is 65.7 Å². The van der Waals surface area contributed by atoms with Crippen LogP contribution in [0.5, 0.6) is 0 Å². The molecule has 0 unspecified atom stereocenters. The zero-order valence-corrected chi connectivity index (χ0v) is 9.90. The van der Waals surface area contributed by atoms with Crippen LogP contribution in [0.15, 0.2) is 48.5 Å². The van der Waals surface area contributed by atoms with Crippen LogP contribution in [-0.2, 0) is 11.3 Å². The number of hydrogen-bond acceptors (Lipinski definition) is 2. The lowest BCUT2D eigenvalue weighted by atomic mass is 10.2. The van der Waals surface area contributed by atoms with E-state index >= 15 is 0 Å². The van der Waals surface area contributed by atoms with Crippen molar-refractivity contribution in [3.8, 4) is 0 Å². The molecule has 98 valence electrons. The van der Waals surface area contributed by atoms with Gasteiger partial charge in [0.05, 0.1) is 5.69 Å². The Morgan fingerprint density at radius 2 is 1.74 bits per heavy atom. The highest BCUT2D eigenvalue weighted by molar-refractivity contribution is 5.84. The Labute approximate surface area is 108 Å². The SMILES string of the molecule is O=C(Nc1ccccc1F)OCc1ccc(F)cc1. The Balaban J connectivity index is 1.88. The minimum atomic E-state index is -0.769. The van der Waals surface area contributed by atoms with E-state index in [4.69, 9.17) is 4.74 Å². The highest BCUT2D eigenvalue weighted by Gasteiger charge is 2.07. The van der Waals surface area contributed by atoms with Gasteiger partial charge in [0.2, 0.25) is 0 Å². The highest BCUT2D eigenvalue weighted by Crippen LogP contribution is 2.13. The van der Waals surface area contributed by atoms with Gasteiger partial charge in [-0.1, -0.05) is 24.3 Å². The van der Waals surface area contributed by atoms with Gasteiger partial charge in [-0.3, -0.25) is 5.32 Å². The van der Waals surface area contributed by atoms with Crippen molar-refractivity contribution in [3.63, 3.8) is 0 Å². The average Bonchev–Trinajstić information content (AvgIpc) is 2.41. The number of halogens is 2. The Kier molecular flexibility index (Phi) is 4.07. The number of para-hydroxylation sites is 1. The van der Waals surface area contributed by atoms with E-state index in [1.54, 1.807) is 6.07 Å². The fraction of sp³-hybridized carbons (Fsp3) is 0.0714. The first-order valence-electron chi connectivity index (χ1n) is 5.58. The lowest BCUT2D eigenvalue weighted by Gasteiger charge is -2.07. The summed E-state index contributed by atoms with van der Waals surface area (Å²) in [6, 6.07) is 11.3. The van der Waals surface area contributed by atoms with Crippen LogP contribution in [0.25, 0.3) is 0 Å². The summed E-state index contributed by atoms with van der Waals surface area (Å²) < 4.78 is 30.8. The summed E-state index contributed by atoms with van der Waals surface area (Å²) in [7, 11) is 0. The maximum atomic E-state index is 13.2. The number of carbonyl (C=O) groups excluding carboxylic acids is 1. The summed E-state index contributed by atoms with van der Waals surface area (Å²) in [5.41, 5.74) is 0.691. The summed E-state index contributed by atoms with van der Waals surface area (Å²) in [4.78, 5) is 11.4. The van der Waals surface area contributed by atoms with E-state index < -0.39 is 11.9 Å². The van der Waals surface area contributed by atoms with Crippen molar-refractivity contribution in [2.75, 3.05) is 5.32 Å². The van der Waals surface area contributed by atoms with Crippen molar-refractivity contribution >= 4 is 11.8 Å². The molecular weight excluding hydrogens is 252 g/mol. The molecule has 0 heterocycles. The van der Waals surface area contributed by atoms with E-state index in [2.05, 4.69) is 5.32 Å². The van der Waals surface area contributed by atoms with E-state index in [9.17, 15) is 13.6 Å². The fourth-order valence-electron chi connectivity index (χ4n) is 1.44. The summed E-state index contributed by atoms with van der Waals surface area (Å²) in [5.74, 6) is -0.902. The molecule has 0 aromatic heterocycles. The molecular formula is C14H11F2NO2. The molecule has 0 aliphatic carbocycles. The zero-order valence-electron chi connectivity index (χ0n) is 9.90. The van der Waals surface area contributed by atoms with Gasteiger partial charge in [-0.2, -0.15) is 0 Å². The van der Waals surface area contributed by atoms with Crippen LogP contribution in [0.2, 0.25) is 0 Å². The quantitative estimate of drug-likeness (QED) is 0.916. The Bertz CT molecular complexity index is 570. The van der Waals surface area contributed by atoms with Crippen LogP contribution in [0, 0.1) is 11.6 Å². The first kappa shape index (κ1) is 13.0. The van der Waals surface area contributed by atoms with Crippen LogP contribution in [0.4, 0.5) is 19.3 Å². The monoisotopic (exact) mass is 263 g/mol. The average molecular weight is 263 g/mol. The van der Waals surface area contributed by atoms with Gasteiger partial charge in [0.1, 0.15) is 18.2 Å². The van der Waals surface area contributed by atoms with Crippen molar-refractivity contribution < 1.29 is 18.3 Å². The molecule has 2 aromatic rings. The highest BCUT2D eigenvalue weighted by atomic mass is 19.1. The fourth-order valence-corrected chi connectivity index (χ4v) is 1.44. The molecule has 5 heteroatoms. The second-order valence-corrected chi connectivity index (χ2v) is 3.81. The normalized spacial score (nSPS) is 10.0. The van der Waals surface area contributed by atoms with Crippen LogP contribution in [0.1, 0.15) is 5.56 Å². The molecule has 0 atom stereocenters. The molecule has 2 rings (SSSR count). The number of hydrogen-bond donors (Lipinski definition) is 1. The first-order chi connectivity index (χ1) is 9.15. The predicted molar refractivity (Wildman–Crippen MR) is 66.6 cm³/mol. The minimum Gasteiger partial charge on any atom is -0.444 e. The maximum Gasteiger partial charge on any atom is 0.412 e. The number of amides is 1. The van der Waals surface area contributed by atoms with Crippen LogP contribution >= 0.6 is 0 Å². The lowest BCUT2D eigenvalue weighted by molar-refractivity contribution is 0.155. The number of carbonyl (C=O) groups is 1. The maximum absolute atomic E-state index is 13.2. The third-order valence-electron chi connectivity index (χ3n) is 2.39. The molecule has 1 N–H and O–H groups in total. The topological polar surface area (TPSA) is 38.3 Å². The molecule has 0 aliphatic rings. The third kappa shape index (κ3) is 3.77. The number of anilines is 1. The van der Waals surface area contributed by atoms with Gasteiger partial charge < -0.3 is 4.74 Å².